The Morgan fingerprint density at radius 2 is 2.00 bits per heavy atom. The maximum atomic E-state index is 5.54. The number of ether oxygens (including phenoxy) is 1. The third kappa shape index (κ3) is 9.75. The van der Waals surface area contributed by atoms with Crippen LogP contribution in [-0.4, -0.2) is 25.8 Å². The summed E-state index contributed by atoms with van der Waals surface area (Å²) in [5.74, 6) is 0.586. The second-order valence-corrected chi connectivity index (χ2v) is 4.45. The quantitative estimate of drug-likeness (QED) is 0.479. The molecule has 0 saturated carbocycles. The molecule has 0 aliphatic carbocycles. The van der Waals surface area contributed by atoms with Crippen LogP contribution in [0.2, 0.25) is 0 Å². The lowest BCUT2D eigenvalue weighted by molar-refractivity contribution is 0.106. The molecule has 0 spiro atoms. The summed E-state index contributed by atoms with van der Waals surface area (Å²) in [6.45, 7) is 15.1. The molecule has 0 aromatic heterocycles. The predicted octanol–water partition coefficient (Wildman–Crippen LogP) is 2.60. The van der Waals surface area contributed by atoms with E-state index in [9.17, 15) is 0 Å². The highest BCUT2D eigenvalue weighted by atomic mass is 16.5. The summed E-state index contributed by atoms with van der Waals surface area (Å²) in [7, 11) is 0. The third-order valence-electron chi connectivity index (χ3n) is 1.95. The zero-order valence-electron chi connectivity index (χ0n) is 10.1. The van der Waals surface area contributed by atoms with Crippen molar-refractivity contribution in [2.24, 2.45) is 5.92 Å². The zero-order chi connectivity index (χ0) is 11.0. The molecule has 0 amide bonds. The van der Waals surface area contributed by atoms with Crippen molar-refractivity contribution in [3.8, 4) is 0 Å². The Morgan fingerprint density at radius 1 is 1.36 bits per heavy atom. The van der Waals surface area contributed by atoms with Crippen LogP contribution in [0.1, 0.15) is 34.1 Å². The van der Waals surface area contributed by atoms with Crippen LogP contribution in [-0.2, 0) is 4.74 Å². The molecule has 1 N–H and O–H groups in total. The topological polar surface area (TPSA) is 21.3 Å². The van der Waals surface area contributed by atoms with Crippen molar-refractivity contribution in [3.05, 3.63) is 12.2 Å². The summed E-state index contributed by atoms with van der Waals surface area (Å²) in [4.78, 5) is 0. The van der Waals surface area contributed by atoms with Gasteiger partial charge in [0.05, 0.1) is 13.2 Å². The number of hydrogen-bond acceptors (Lipinski definition) is 2. The van der Waals surface area contributed by atoms with E-state index in [0.29, 0.717) is 12.0 Å². The molecule has 14 heavy (non-hydrogen) atoms. The summed E-state index contributed by atoms with van der Waals surface area (Å²) < 4.78 is 5.54. The Morgan fingerprint density at radius 3 is 2.50 bits per heavy atom. The van der Waals surface area contributed by atoms with Gasteiger partial charge in [-0.05, 0) is 19.3 Å². The SMILES string of the molecule is C=C(C)CCOCC(C)CNC(C)C. The van der Waals surface area contributed by atoms with Gasteiger partial charge in [0, 0.05) is 12.6 Å². The van der Waals surface area contributed by atoms with E-state index in [2.05, 4.69) is 32.7 Å². The summed E-state index contributed by atoms with van der Waals surface area (Å²) in [6, 6.07) is 0.563. The normalized spacial score (nSPS) is 13.2. The van der Waals surface area contributed by atoms with E-state index in [1.807, 2.05) is 6.92 Å². The minimum absolute atomic E-state index is 0.563. The van der Waals surface area contributed by atoms with Crippen LogP contribution in [0.4, 0.5) is 0 Å². The Hall–Kier alpha value is -0.340. The van der Waals surface area contributed by atoms with Crippen molar-refractivity contribution < 1.29 is 4.74 Å². The van der Waals surface area contributed by atoms with E-state index in [1.165, 1.54) is 5.57 Å². The molecule has 0 aromatic carbocycles. The van der Waals surface area contributed by atoms with Crippen LogP contribution < -0.4 is 5.32 Å². The molecule has 0 radical (unpaired) electrons. The first kappa shape index (κ1) is 13.7. The Kier molecular flexibility index (Phi) is 7.81. The second kappa shape index (κ2) is 8.01. The van der Waals surface area contributed by atoms with Crippen LogP contribution >= 0.6 is 0 Å². The number of nitrogens with one attached hydrogen (secondary N) is 1. The molecular formula is C12H25NO. The number of rotatable bonds is 8. The second-order valence-electron chi connectivity index (χ2n) is 4.45. The maximum absolute atomic E-state index is 5.54. The molecule has 0 heterocycles. The van der Waals surface area contributed by atoms with E-state index in [4.69, 9.17) is 4.74 Å². The molecule has 2 heteroatoms. The van der Waals surface area contributed by atoms with E-state index < -0.39 is 0 Å². The smallest absolute Gasteiger partial charge is 0.0503 e. The van der Waals surface area contributed by atoms with Crippen LogP contribution in [0.5, 0.6) is 0 Å². The fourth-order valence-corrected chi connectivity index (χ4v) is 1.03. The molecule has 1 unspecified atom stereocenters. The average Bonchev–Trinajstić information content (AvgIpc) is 2.08. The van der Waals surface area contributed by atoms with Crippen LogP contribution in [0, 0.1) is 5.92 Å². The van der Waals surface area contributed by atoms with Gasteiger partial charge in [0.15, 0.2) is 0 Å². The molecule has 2 nitrogen and oxygen atoms in total. The van der Waals surface area contributed by atoms with Gasteiger partial charge in [0.1, 0.15) is 0 Å². The van der Waals surface area contributed by atoms with Gasteiger partial charge in [-0.25, -0.2) is 0 Å². The van der Waals surface area contributed by atoms with Crippen molar-refractivity contribution in [2.45, 2.75) is 40.2 Å². The van der Waals surface area contributed by atoms with E-state index in [0.717, 1.165) is 26.2 Å². The molecule has 0 rings (SSSR count). The Bertz CT molecular complexity index is 154. The van der Waals surface area contributed by atoms with Gasteiger partial charge >= 0.3 is 0 Å². The van der Waals surface area contributed by atoms with E-state index in [-0.39, 0.29) is 0 Å². The summed E-state index contributed by atoms with van der Waals surface area (Å²) in [5.41, 5.74) is 1.19. The van der Waals surface area contributed by atoms with Crippen LogP contribution in [0.25, 0.3) is 0 Å². The molecule has 0 aliphatic heterocycles. The van der Waals surface area contributed by atoms with Crippen molar-refractivity contribution in [1.29, 1.82) is 0 Å². The van der Waals surface area contributed by atoms with Crippen molar-refractivity contribution in [1.82, 2.24) is 5.32 Å². The fraction of sp³-hybridized carbons (Fsp3) is 0.833. The Balaban J connectivity index is 3.26. The molecule has 0 aliphatic rings. The lowest BCUT2D eigenvalue weighted by Crippen LogP contribution is -2.29. The average molecular weight is 199 g/mol. The summed E-state index contributed by atoms with van der Waals surface area (Å²) in [5, 5.41) is 3.40. The predicted molar refractivity (Wildman–Crippen MR) is 62.6 cm³/mol. The van der Waals surface area contributed by atoms with Gasteiger partial charge < -0.3 is 10.1 Å². The molecule has 0 saturated heterocycles. The maximum Gasteiger partial charge on any atom is 0.0503 e. The minimum atomic E-state index is 0.563. The Labute approximate surface area is 88.7 Å². The molecule has 0 fully saturated rings. The molecule has 1 atom stereocenters. The highest BCUT2D eigenvalue weighted by Crippen LogP contribution is 1.99. The van der Waals surface area contributed by atoms with Crippen molar-refractivity contribution in [2.75, 3.05) is 19.8 Å². The van der Waals surface area contributed by atoms with Crippen molar-refractivity contribution >= 4 is 0 Å². The fourth-order valence-electron chi connectivity index (χ4n) is 1.03. The van der Waals surface area contributed by atoms with Gasteiger partial charge in [-0.2, -0.15) is 0 Å². The first-order chi connectivity index (χ1) is 6.52. The first-order valence-corrected chi connectivity index (χ1v) is 5.48. The van der Waals surface area contributed by atoms with Crippen LogP contribution in [0.3, 0.4) is 0 Å². The van der Waals surface area contributed by atoms with Gasteiger partial charge in [0.2, 0.25) is 0 Å². The summed E-state index contributed by atoms with van der Waals surface area (Å²) >= 11 is 0. The molecular weight excluding hydrogens is 174 g/mol. The van der Waals surface area contributed by atoms with Crippen molar-refractivity contribution in [3.63, 3.8) is 0 Å². The standard InChI is InChI=1S/C12H25NO/c1-10(2)6-7-14-9-12(5)8-13-11(3)4/h11-13H,1,6-9H2,2-5H3. The lowest BCUT2D eigenvalue weighted by atomic mass is 10.2. The first-order valence-electron chi connectivity index (χ1n) is 5.48. The highest BCUT2D eigenvalue weighted by Gasteiger charge is 2.02. The van der Waals surface area contributed by atoms with Gasteiger partial charge in [-0.15, -0.1) is 6.58 Å². The van der Waals surface area contributed by atoms with Gasteiger partial charge in [0.25, 0.3) is 0 Å². The molecule has 0 aromatic rings. The number of hydrogen-bond donors (Lipinski definition) is 1. The van der Waals surface area contributed by atoms with Crippen LogP contribution in [0.15, 0.2) is 12.2 Å². The minimum Gasteiger partial charge on any atom is -0.381 e. The highest BCUT2D eigenvalue weighted by molar-refractivity contribution is 4.87. The van der Waals surface area contributed by atoms with Gasteiger partial charge in [-0.1, -0.05) is 26.3 Å². The van der Waals surface area contributed by atoms with Gasteiger partial charge in [-0.3, -0.25) is 0 Å². The largest absolute Gasteiger partial charge is 0.381 e. The third-order valence-corrected chi connectivity index (χ3v) is 1.95. The zero-order valence-corrected chi connectivity index (χ0v) is 10.1. The van der Waals surface area contributed by atoms with E-state index >= 15 is 0 Å². The summed E-state index contributed by atoms with van der Waals surface area (Å²) in [6.07, 6.45) is 0.977. The lowest BCUT2D eigenvalue weighted by Gasteiger charge is -2.15. The molecule has 84 valence electrons. The monoisotopic (exact) mass is 199 g/mol. The van der Waals surface area contributed by atoms with E-state index in [1.54, 1.807) is 0 Å². The molecule has 0 bridgehead atoms.